The van der Waals surface area contributed by atoms with E-state index < -0.39 is 5.60 Å². The van der Waals surface area contributed by atoms with Gasteiger partial charge in [0.25, 0.3) is 0 Å². The molecule has 4 rings (SSSR count). The van der Waals surface area contributed by atoms with Crippen molar-refractivity contribution in [2.45, 2.75) is 51.2 Å². The monoisotopic (exact) mass is 411 g/mol. The Kier molecular flexibility index (Phi) is 5.71. The van der Waals surface area contributed by atoms with Gasteiger partial charge >= 0.3 is 0 Å². The second-order valence-electron chi connectivity index (χ2n) is 8.73. The van der Waals surface area contributed by atoms with E-state index in [4.69, 9.17) is 9.72 Å². The van der Waals surface area contributed by atoms with E-state index in [0.29, 0.717) is 35.0 Å². The molecular formula is C22H29N5O3. The van der Waals surface area contributed by atoms with Gasteiger partial charge in [0.05, 0.1) is 30.2 Å². The molecule has 0 unspecified atom stereocenters. The van der Waals surface area contributed by atoms with Crippen molar-refractivity contribution in [2.24, 2.45) is 5.92 Å². The predicted molar refractivity (Wildman–Crippen MR) is 114 cm³/mol. The molecule has 0 atom stereocenters. The van der Waals surface area contributed by atoms with Crippen LogP contribution in [0.5, 0.6) is 0 Å². The standard InChI is InChI=1S/C22H29N5O3/c1-22(2,29)18-9-6-15(10-23-18)17-11-24-20-21(25-17)27(13-19(28)26-20)12-14-4-7-16(30-3)8-5-14/h6,9-11,14,16,29H,4-5,7-8,12-13H2,1-3H3,(H,24,26,28)/t14-,16-. The van der Waals surface area contributed by atoms with Crippen LogP contribution in [0.4, 0.5) is 11.6 Å². The zero-order valence-electron chi connectivity index (χ0n) is 17.8. The van der Waals surface area contributed by atoms with Crippen LogP contribution in [0, 0.1) is 5.92 Å². The summed E-state index contributed by atoms with van der Waals surface area (Å²) >= 11 is 0. The molecule has 2 aromatic rings. The molecule has 0 saturated heterocycles. The third-order valence-electron chi connectivity index (χ3n) is 5.94. The number of pyridine rings is 1. The maximum Gasteiger partial charge on any atom is 0.245 e. The van der Waals surface area contributed by atoms with Crippen molar-refractivity contribution in [1.29, 1.82) is 0 Å². The maximum atomic E-state index is 12.2. The number of rotatable bonds is 5. The molecule has 2 N–H and O–H groups in total. The minimum absolute atomic E-state index is 0.0636. The Balaban J connectivity index is 1.56. The van der Waals surface area contributed by atoms with Crippen molar-refractivity contribution in [3.63, 3.8) is 0 Å². The first-order valence-corrected chi connectivity index (χ1v) is 10.5. The van der Waals surface area contributed by atoms with Crippen LogP contribution in [0.3, 0.4) is 0 Å². The first-order valence-electron chi connectivity index (χ1n) is 10.5. The van der Waals surface area contributed by atoms with Gasteiger partial charge in [0.2, 0.25) is 5.91 Å². The van der Waals surface area contributed by atoms with Crippen LogP contribution < -0.4 is 10.2 Å². The molecule has 0 aromatic carbocycles. The number of carbonyl (C=O) groups is 1. The van der Waals surface area contributed by atoms with Gasteiger partial charge in [-0.25, -0.2) is 9.97 Å². The topological polar surface area (TPSA) is 100 Å². The number of methoxy groups -OCH3 is 1. The molecule has 160 valence electrons. The highest BCUT2D eigenvalue weighted by Gasteiger charge is 2.29. The number of ether oxygens (including phenoxy) is 1. The highest BCUT2D eigenvalue weighted by Crippen LogP contribution is 2.32. The molecular weight excluding hydrogens is 382 g/mol. The first kappa shape index (κ1) is 20.7. The number of anilines is 2. The number of hydrogen-bond donors (Lipinski definition) is 2. The summed E-state index contributed by atoms with van der Waals surface area (Å²) in [6.45, 7) is 4.47. The lowest BCUT2D eigenvalue weighted by molar-refractivity contribution is -0.115. The summed E-state index contributed by atoms with van der Waals surface area (Å²) in [6, 6.07) is 3.68. The highest BCUT2D eigenvalue weighted by molar-refractivity contribution is 5.99. The molecule has 8 heteroatoms. The van der Waals surface area contributed by atoms with E-state index in [1.165, 1.54) is 0 Å². The minimum atomic E-state index is -0.997. The average molecular weight is 412 g/mol. The predicted octanol–water partition coefficient (Wildman–Crippen LogP) is 2.73. The van der Waals surface area contributed by atoms with Crippen molar-refractivity contribution in [3.05, 3.63) is 30.2 Å². The summed E-state index contributed by atoms with van der Waals surface area (Å²) in [5.41, 5.74) is 1.10. The molecule has 8 nitrogen and oxygen atoms in total. The van der Waals surface area contributed by atoms with E-state index in [1.54, 1.807) is 39.4 Å². The Morgan fingerprint density at radius 1 is 1.20 bits per heavy atom. The Bertz CT molecular complexity index is 902. The summed E-state index contributed by atoms with van der Waals surface area (Å²) in [7, 11) is 1.77. The fourth-order valence-electron chi connectivity index (χ4n) is 4.17. The van der Waals surface area contributed by atoms with Crippen molar-refractivity contribution in [1.82, 2.24) is 15.0 Å². The molecule has 1 aliphatic carbocycles. The normalized spacial score (nSPS) is 21.9. The van der Waals surface area contributed by atoms with Gasteiger partial charge in [0.1, 0.15) is 5.60 Å². The SMILES string of the molecule is CO[C@H]1CC[C@H](CN2CC(=O)Nc3ncc(-c4ccc(C(C)(C)O)nc4)nc32)CC1. The molecule has 0 radical (unpaired) electrons. The fourth-order valence-corrected chi connectivity index (χ4v) is 4.17. The van der Waals surface area contributed by atoms with Crippen LogP contribution >= 0.6 is 0 Å². The van der Waals surface area contributed by atoms with E-state index >= 15 is 0 Å². The molecule has 1 aliphatic heterocycles. The van der Waals surface area contributed by atoms with Crippen LogP contribution in [-0.2, 0) is 15.1 Å². The van der Waals surface area contributed by atoms with Gasteiger partial charge in [-0.3, -0.25) is 9.78 Å². The van der Waals surface area contributed by atoms with E-state index in [9.17, 15) is 9.90 Å². The zero-order valence-corrected chi connectivity index (χ0v) is 17.8. The molecule has 3 heterocycles. The quantitative estimate of drug-likeness (QED) is 0.780. The second kappa shape index (κ2) is 8.28. The Labute approximate surface area is 176 Å². The van der Waals surface area contributed by atoms with E-state index in [-0.39, 0.29) is 12.5 Å². The Morgan fingerprint density at radius 2 is 1.97 bits per heavy atom. The lowest BCUT2D eigenvalue weighted by Gasteiger charge is -2.35. The lowest BCUT2D eigenvalue weighted by Crippen LogP contribution is -2.42. The summed E-state index contributed by atoms with van der Waals surface area (Å²) in [5, 5.41) is 12.9. The maximum absolute atomic E-state index is 12.2. The fraction of sp³-hybridized carbons (Fsp3) is 0.545. The Hall–Kier alpha value is -2.58. The molecule has 1 saturated carbocycles. The number of hydrogen-bond acceptors (Lipinski definition) is 7. The number of fused-ring (bicyclic) bond motifs is 1. The van der Waals surface area contributed by atoms with E-state index in [1.807, 2.05) is 11.0 Å². The number of nitrogens with one attached hydrogen (secondary N) is 1. The largest absolute Gasteiger partial charge is 0.384 e. The smallest absolute Gasteiger partial charge is 0.245 e. The van der Waals surface area contributed by atoms with Gasteiger partial charge in [-0.1, -0.05) is 0 Å². The number of carbonyl (C=O) groups excluding carboxylic acids is 1. The second-order valence-corrected chi connectivity index (χ2v) is 8.73. The molecule has 0 spiro atoms. The summed E-state index contributed by atoms with van der Waals surface area (Å²) in [4.78, 5) is 27.9. The number of amides is 1. The number of aliphatic hydroxyl groups is 1. The van der Waals surface area contributed by atoms with E-state index in [0.717, 1.165) is 37.8 Å². The lowest BCUT2D eigenvalue weighted by atomic mass is 9.87. The van der Waals surface area contributed by atoms with Crippen LogP contribution in [0.1, 0.15) is 45.2 Å². The molecule has 30 heavy (non-hydrogen) atoms. The summed E-state index contributed by atoms with van der Waals surface area (Å²) < 4.78 is 5.48. The van der Waals surface area contributed by atoms with Gasteiger partial charge < -0.3 is 20.1 Å². The van der Waals surface area contributed by atoms with Gasteiger partial charge in [0.15, 0.2) is 11.6 Å². The summed E-state index contributed by atoms with van der Waals surface area (Å²) in [5.74, 6) is 1.65. The number of nitrogens with zero attached hydrogens (tertiary/aromatic N) is 4. The molecule has 2 aliphatic rings. The molecule has 0 bridgehead atoms. The van der Waals surface area contributed by atoms with Crippen molar-refractivity contribution < 1.29 is 14.6 Å². The van der Waals surface area contributed by atoms with Gasteiger partial charge in [0, 0.05) is 25.4 Å². The van der Waals surface area contributed by atoms with Gasteiger partial charge in [-0.15, -0.1) is 0 Å². The van der Waals surface area contributed by atoms with E-state index in [2.05, 4.69) is 15.3 Å². The Morgan fingerprint density at radius 3 is 2.60 bits per heavy atom. The van der Waals surface area contributed by atoms with Gasteiger partial charge in [-0.2, -0.15) is 0 Å². The van der Waals surface area contributed by atoms with Crippen LogP contribution in [0.15, 0.2) is 24.5 Å². The highest BCUT2D eigenvalue weighted by atomic mass is 16.5. The number of aromatic nitrogens is 3. The van der Waals surface area contributed by atoms with Crippen molar-refractivity contribution in [3.8, 4) is 11.3 Å². The van der Waals surface area contributed by atoms with Crippen LogP contribution in [0.25, 0.3) is 11.3 Å². The molecule has 1 fully saturated rings. The molecule has 2 aromatic heterocycles. The zero-order chi connectivity index (χ0) is 21.3. The van der Waals surface area contributed by atoms with Crippen molar-refractivity contribution >= 4 is 17.5 Å². The third kappa shape index (κ3) is 4.44. The van der Waals surface area contributed by atoms with Crippen molar-refractivity contribution in [2.75, 3.05) is 30.4 Å². The minimum Gasteiger partial charge on any atom is -0.384 e. The van der Waals surface area contributed by atoms with Crippen LogP contribution in [0.2, 0.25) is 0 Å². The summed E-state index contributed by atoms with van der Waals surface area (Å²) in [6.07, 6.45) is 7.97. The average Bonchev–Trinajstić information content (AvgIpc) is 2.73. The first-order chi connectivity index (χ1) is 14.3. The van der Waals surface area contributed by atoms with Gasteiger partial charge in [-0.05, 0) is 57.6 Å². The van der Waals surface area contributed by atoms with Crippen LogP contribution in [-0.4, -0.2) is 52.3 Å². The molecule has 1 amide bonds. The third-order valence-corrected chi connectivity index (χ3v) is 5.94.